The normalized spacial score (nSPS) is 13.7. The van der Waals surface area contributed by atoms with Gasteiger partial charge < -0.3 is 5.73 Å². The van der Waals surface area contributed by atoms with E-state index in [2.05, 4.69) is 19.6 Å². The van der Waals surface area contributed by atoms with Crippen LogP contribution in [0.5, 0.6) is 0 Å². The average molecular weight is 147 g/mol. The van der Waals surface area contributed by atoms with Gasteiger partial charge in [0.25, 0.3) is 0 Å². The summed E-state index contributed by atoms with van der Waals surface area (Å²) in [6.45, 7) is 3.09. The Labute approximate surface area is 63.4 Å². The van der Waals surface area contributed by atoms with Gasteiger partial charge >= 0.3 is 0 Å². The third kappa shape index (κ3) is 6.19. The summed E-state index contributed by atoms with van der Waals surface area (Å²) < 4.78 is 0. The topological polar surface area (TPSA) is 26.0 Å². The molecule has 0 amide bonds. The van der Waals surface area contributed by atoms with Crippen LogP contribution in [0, 0.1) is 5.92 Å². The van der Waals surface area contributed by atoms with E-state index in [1.54, 1.807) is 0 Å². The molecule has 1 nitrogen and oxygen atoms in total. The number of hydrogen-bond acceptors (Lipinski definition) is 2. The zero-order chi connectivity index (χ0) is 7.11. The van der Waals surface area contributed by atoms with E-state index in [0.29, 0.717) is 0 Å². The highest BCUT2D eigenvalue weighted by atomic mass is 32.1. The van der Waals surface area contributed by atoms with Gasteiger partial charge in [0.1, 0.15) is 0 Å². The molecule has 2 N–H and O–H groups in total. The second-order valence-corrected chi connectivity index (χ2v) is 3.00. The SMILES string of the molecule is CC(CCS)CCCN. The Morgan fingerprint density at radius 3 is 2.56 bits per heavy atom. The fraction of sp³-hybridized carbons (Fsp3) is 1.00. The van der Waals surface area contributed by atoms with Gasteiger partial charge in [-0.05, 0) is 37.5 Å². The summed E-state index contributed by atoms with van der Waals surface area (Å²) in [5.41, 5.74) is 5.35. The molecule has 2 heteroatoms. The van der Waals surface area contributed by atoms with Crippen LogP contribution in [0.15, 0.2) is 0 Å². The lowest BCUT2D eigenvalue weighted by Crippen LogP contribution is -2.02. The van der Waals surface area contributed by atoms with Crippen molar-refractivity contribution in [3.05, 3.63) is 0 Å². The van der Waals surface area contributed by atoms with Gasteiger partial charge in [-0.2, -0.15) is 12.6 Å². The molecule has 0 aliphatic rings. The molecule has 9 heavy (non-hydrogen) atoms. The standard InChI is InChI=1S/C7H17NS/c1-7(4-6-9)3-2-5-8/h7,9H,2-6,8H2,1H3. The third-order valence-electron chi connectivity index (χ3n) is 1.52. The highest BCUT2D eigenvalue weighted by molar-refractivity contribution is 7.80. The molecular formula is C7H17NS. The van der Waals surface area contributed by atoms with Gasteiger partial charge in [-0.1, -0.05) is 6.92 Å². The Hall–Kier alpha value is 0.310. The monoisotopic (exact) mass is 147 g/mol. The summed E-state index contributed by atoms with van der Waals surface area (Å²) in [5.74, 6) is 1.82. The highest BCUT2D eigenvalue weighted by Gasteiger charge is 1.97. The highest BCUT2D eigenvalue weighted by Crippen LogP contribution is 2.09. The molecule has 0 fully saturated rings. The van der Waals surface area contributed by atoms with Gasteiger partial charge in [0, 0.05) is 0 Å². The maximum Gasteiger partial charge on any atom is -0.00772 e. The Morgan fingerprint density at radius 2 is 2.11 bits per heavy atom. The van der Waals surface area contributed by atoms with Crippen molar-refractivity contribution < 1.29 is 0 Å². The van der Waals surface area contributed by atoms with Gasteiger partial charge in [-0.25, -0.2) is 0 Å². The van der Waals surface area contributed by atoms with Crippen molar-refractivity contribution in [1.82, 2.24) is 0 Å². The first-order valence-corrected chi connectivity index (χ1v) is 4.25. The van der Waals surface area contributed by atoms with Crippen LogP contribution in [-0.4, -0.2) is 12.3 Å². The van der Waals surface area contributed by atoms with Crippen molar-refractivity contribution >= 4 is 12.6 Å². The van der Waals surface area contributed by atoms with Gasteiger partial charge in [-0.3, -0.25) is 0 Å². The van der Waals surface area contributed by atoms with Crippen molar-refractivity contribution in [2.24, 2.45) is 11.7 Å². The molecule has 0 aromatic heterocycles. The van der Waals surface area contributed by atoms with Crippen molar-refractivity contribution in [3.63, 3.8) is 0 Å². The largest absolute Gasteiger partial charge is 0.330 e. The third-order valence-corrected chi connectivity index (χ3v) is 1.78. The fourth-order valence-corrected chi connectivity index (χ4v) is 1.27. The first kappa shape index (κ1) is 9.31. The van der Waals surface area contributed by atoms with E-state index < -0.39 is 0 Å². The average Bonchev–Trinajstić information content (AvgIpc) is 1.85. The Kier molecular flexibility index (Phi) is 6.65. The number of thiol groups is 1. The van der Waals surface area contributed by atoms with E-state index in [9.17, 15) is 0 Å². The lowest BCUT2D eigenvalue weighted by Gasteiger charge is -2.06. The zero-order valence-electron chi connectivity index (χ0n) is 6.14. The van der Waals surface area contributed by atoms with E-state index in [1.807, 2.05) is 0 Å². The smallest absolute Gasteiger partial charge is 0.00772 e. The molecule has 0 saturated heterocycles. The van der Waals surface area contributed by atoms with Gasteiger partial charge in [-0.15, -0.1) is 0 Å². The van der Waals surface area contributed by atoms with E-state index >= 15 is 0 Å². The minimum absolute atomic E-state index is 0.811. The van der Waals surface area contributed by atoms with Crippen molar-refractivity contribution in [2.75, 3.05) is 12.3 Å². The number of rotatable bonds is 5. The quantitative estimate of drug-likeness (QED) is 0.569. The number of nitrogens with two attached hydrogens (primary N) is 1. The van der Waals surface area contributed by atoms with Crippen LogP contribution in [0.4, 0.5) is 0 Å². The summed E-state index contributed by atoms with van der Waals surface area (Å²) in [6.07, 6.45) is 3.65. The van der Waals surface area contributed by atoms with Gasteiger partial charge in [0.2, 0.25) is 0 Å². The maximum absolute atomic E-state index is 5.35. The molecule has 0 saturated carbocycles. The van der Waals surface area contributed by atoms with E-state index in [-0.39, 0.29) is 0 Å². The number of hydrogen-bond donors (Lipinski definition) is 2. The van der Waals surface area contributed by atoms with Crippen LogP contribution in [0.25, 0.3) is 0 Å². The lowest BCUT2D eigenvalue weighted by atomic mass is 10.0. The van der Waals surface area contributed by atoms with Gasteiger partial charge in [0.15, 0.2) is 0 Å². The fourth-order valence-electron chi connectivity index (χ4n) is 0.831. The molecule has 0 radical (unpaired) electrons. The lowest BCUT2D eigenvalue weighted by molar-refractivity contribution is 0.503. The summed E-state index contributed by atoms with van der Waals surface area (Å²) in [7, 11) is 0. The van der Waals surface area contributed by atoms with Crippen LogP contribution in [0.3, 0.4) is 0 Å². The molecule has 0 aromatic carbocycles. The minimum atomic E-state index is 0.811. The molecule has 0 aromatic rings. The summed E-state index contributed by atoms with van der Waals surface area (Å²) in [5, 5.41) is 0. The molecule has 0 bridgehead atoms. The Morgan fingerprint density at radius 1 is 1.44 bits per heavy atom. The van der Waals surface area contributed by atoms with Gasteiger partial charge in [0.05, 0.1) is 0 Å². The summed E-state index contributed by atoms with van der Waals surface area (Å²) >= 11 is 4.15. The van der Waals surface area contributed by atoms with Crippen molar-refractivity contribution in [2.45, 2.75) is 26.2 Å². The molecule has 0 heterocycles. The minimum Gasteiger partial charge on any atom is -0.330 e. The molecule has 0 spiro atoms. The van der Waals surface area contributed by atoms with Crippen LogP contribution < -0.4 is 5.73 Å². The van der Waals surface area contributed by atoms with Crippen LogP contribution in [0.1, 0.15) is 26.2 Å². The van der Waals surface area contributed by atoms with Crippen molar-refractivity contribution in [1.29, 1.82) is 0 Å². The zero-order valence-corrected chi connectivity index (χ0v) is 7.03. The van der Waals surface area contributed by atoms with Crippen molar-refractivity contribution in [3.8, 4) is 0 Å². The first-order valence-electron chi connectivity index (χ1n) is 3.62. The summed E-state index contributed by atoms with van der Waals surface area (Å²) in [6, 6.07) is 0. The second kappa shape index (κ2) is 6.43. The predicted octanol–water partition coefficient (Wildman–Crippen LogP) is 1.68. The molecule has 0 aliphatic carbocycles. The van der Waals surface area contributed by atoms with E-state index in [4.69, 9.17) is 5.73 Å². The predicted molar refractivity (Wildman–Crippen MR) is 45.9 cm³/mol. The molecule has 0 aliphatic heterocycles. The molecular weight excluding hydrogens is 130 g/mol. The Balaban J connectivity index is 2.95. The second-order valence-electron chi connectivity index (χ2n) is 2.55. The van der Waals surface area contributed by atoms with Crippen LogP contribution in [-0.2, 0) is 0 Å². The Bertz CT molecular complexity index is 56.9. The summed E-state index contributed by atoms with van der Waals surface area (Å²) in [4.78, 5) is 0. The molecule has 1 atom stereocenters. The van der Waals surface area contributed by atoms with E-state index in [0.717, 1.165) is 24.6 Å². The molecule has 0 rings (SSSR count). The molecule has 1 unspecified atom stereocenters. The van der Waals surface area contributed by atoms with Crippen LogP contribution >= 0.6 is 12.6 Å². The molecule has 56 valence electrons. The van der Waals surface area contributed by atoms with Crippen LogP contribution in [0.2, 0.25) is 0 Å². The maximum atomic E-state index is 5.35. The van der Waals surface area contributed by atoms with E-state index in [1.165, 1.54) is 12.8 Å². The first-order chi connectivity index (χ1) is 4.31.